The Labute approximate surface area is 180 Å². The molecule has 0 spiro atoms. The monoisotopic (exact) mass is 487 g/mol. The highest BCUT2D eigenvalue weighted by Gasteiger charge is 2.38. The van der Waals surface area contributed by atoms with Gasteiger partial charge < -0.3 is 9.84 Å². The normalized spacial score (nSPS) is 13.0. The van der Waals surface area contributed by atoms with Gasteiger partial charge in [0.1, 0.15) is 6.61 Å². The van der Waals surface area contributed by atoms with Gasteiger partial charge in [-0.05, 0) is 25.1 Å². The first-order chi connectivity index (χ1) is 15.2. The molecule has 1 aromatic carbocycles. The molecule has 0 saturated heterocycles. The van der Waals surface area contributed by atoms with Crippen LogP contribution in [0.25, 0.3) is 0 Å². The van der Waals surface area contributed by atoms with Crippen molar-refractivity contribution in [2.24, 2.45) is 4.99 Å². The van der Waals surface area contributed by atoms with Crippen LogP contribution in [0.15, 0.2) is 29.3 Å². The van der Waals surface area contributed by atoms with Gasteiger partial charge >= 0.3 is 18.5 Å². The van der Waals surface area contributed by atoms with Gasteiger partial charge in [-0.3, -0.25) is 4.57 Å². The van der Waals surface area contributed by atoms with Gasteiger partial charge in [-0.15, -0.1) is 0 Å². The van der Waals surface area contributed by atoms with Crippen molar-refractivity contribution in [1.29, 1.82) is 0 Å². The van der Waals surface area contributed by atoms with E-state index in [1.165, 1.54) is 6.92 Å². The predicted molar refractivity (Wildman–Crippen MR) is 94.9 cm³/mol. The lowest BCUT2D eigenvalue weighted by molar-refractivity contribution is -0.143. The minimum absolute atomic E-state index is 0.172. The second-order valence-corrected chi connectivity index (χ2v) is 6.16. The standard InChI is InChI=1S/C19H14F9N3O2/c1-2-31-15(33-8-4-3-7-32)10-14(19(26,27)28)30-16(31)29-13-6-5-11(17(20,21)22)9-12(13)18(23,24)25/h5-6,9-10,32H,2,7-8H2,1H3. The Kier molecular flexibility index (Phi) is 7.68. The molecule has 0 bridgehead atoms. The van der Waals surface area contributed by atoms with Crippen LogP contribution in [0.2, 0.25) is 0 Å². The van der Waals surface area contributed by atoms with E-state index in [0.717, 1.165) is 4.57 Å². The molecule has 14 heteroatoms. The van der Waals surface area contributed by atoms with Crippen LogP contribution >= 0.6 is 0 Å². The molecule has 2 rings (SSSR count). The van der Waals surface area contributed by atoms with Crippen molar-refractivity contribution >= 4 is 5.69 Å². The van der Waals surface area contributed by atoms with Gasteiger partial charge in [-0.25, -0.2) is 9.98 Å². The van der Waals surface area contributed by atoms with Gasteiger partial charge in [0.2, 0.25) is 5.62 Å². The third-order valence-electron chi connectivity index (χ3n) is 3.94. The fourth-order valence-electron chi connectivity index (χ4n) is 2.50. The van der Waals surface area contributed by atoms with E-state index in [9.17, 15) is 39.5 Å². The second-order valence-electron chi connectivity index (χ2n) is 6.16. The summed E-state index contributed by atoms with van der Waals surface area (Å²) in [5, 5.41) is 8.61. The predicted octanol–water partition coefficient (Wildman–Crippen LogP) is 4.57. The minimum Gasteiger partial charge on any atom is -0.466 e. The molecular weight excluding hydrogens is 473 g/mol. The quantitative estimate of drug-likeness (QED) is 0.508. The maximum Gasteiger partial charge on any atom is 0.433 e. The number of hydrogen-bond acceptors (Lipinski definition) is 4. The Hall–Kier alpha value is -3.21. The molecule has 0 radical (unpaired) electrons. The van der Waals surface area contributed by atoms with Crippen molar-refractivity contribution < 1.29 is 49.4 Å². The smallest absolute Gasteiger partial charge is 0.433 e. The van der Waals surface area contributed by atoms with Gasteiger partial charge in [-0.2, -0.15) is 39.5 Å². The van der Waals surface area contributed by atoms with Crippen molar-refractivity contribution in [1.82, 2.24) is 9.55 Å². The topological polar surface area (TPSA) is 59.6 Å². The number of alkyl halides is 9. The fraction of sp³-hybridized carbons (Fsp3) is 0.368. The van der Waals surface area contributed by atoms with E-state index in [4.69, 9.17) is 9.84 Å². The van der Waals surface area contributed by atoms with Crippen molar-refractivity contribution in [3.05, 3.63) is 46.7 Å². The van der Waals surface area contributed by atoms with Crippen LogP contribution < -0.4 is 10.4 Å². The molecule has 33 heavy (non-hydrogen) atoms. The lowest BCUT2D eigenvalue weighted by atomic mass is 10.1. The summed E-state index contributed by atoms with van der Waals surface area (Å²) in [5.41, 5.74) is -6.94. The largest absolute Gasteiger partial charge is 0.466 e. The maximum atomic E-state index is 13.4. The highest BCUT2D eigenvalue weighted by Crippen LogP contribution is 2.40. The number of hydrogen-bond donors (Lipinski definition) is 1. The van der Waals surface area contributed by atoms with E-state index in [0.29, 0.717) is 18.2 Å². The Morgan fingerprint density at radius 2 is 1.64 bits per heavy atom. The Bertz CT molecular complexity index is 1120. The highest BCUT2D eigenvalue weighted by molar-refractivity contribution is 5.50. The number of aliphatic hydroxyl groups is 1. The summed E-state index contributed by atoms with van der Waals surface area (Å²) in [4.78, 5) is 6.72. The molecule has 1 aromatic heterocycles. The molecule has 0 aliphatic carbocycles. The lowest BCUT2D eigenvalue weighted by Gasteiger charge is -2.16. The summed E-state index contributed by atoms with van der Waals surface area (Å²) >= 11 is 0. The van der Waals surface area contributed by atoms with Gasteiger partial charge in [0.15, 0.2) is 18.2 Å². The van der Waals surface area contributed by atoms with Crippen LogP contribution in [0.3, 0.4) is 0 Å². The second kappa shape index (κ2) is 9.74. The lowest BCUT2D eigenvalue weighted by Crippen LogP contribution is -2.29. The molecule has 1 heterocycles. The maximum absolute atomic E-state index is 13.4. The van der Waals surface area contributed by atoms with Crippen LogP contribution in [0.5, 0.6) is 5.88 Å². The van der Waals surface area contributed by atoms with E-state index in [-0.39, 0.29) is 12.6 Å². The van der Waals surface area contributed by atoms with Gasteiger partial charge in [0.25, 0.3) is 0 Å². The number of ether oxygens (including phenoxy) is 1. The van der Waals surface area contributed by atoms with Crippen LogP contribution in [0, 0.1) is 11.8 Å². The Morgan fingerprint density at radius 3 is 2.15 bits per heavy atom. The Balaban J connectivity index is 2.80. The van der Waals surface area contributed by atoms with Crippen LogP contribution in [0.1, 0.15) is 23.7 Å². The molecule has 2 aromatic rings. The fourth-order valence-corrected chi connectivity index (χ4v) is 2.50. The molecule has 180 valence electrons. The molecule has 0 amide bonds. The first-order valence-corrected chi connectivity index (χ1v) is 8.90. The summed E-state index contributed by atoms with van der Waals surface area (Å²) in [5.74, 6) is 3.97. The number of nitrogens with zero attached hydrogens (tertiary/aromatic N) is 3. The highest BCUT2D eigenvalue weighted by atomic mass is 19.4. The van der Waals surface area contributed by atoms with Crippen LogP contribution in [-0.2, 0) is 25.1 Å². The summed E-state index contributed by atoms with van der Waals surface area (Å²) in [7, 11) is 0. The average molecular weight is 487 g/mol. The zero-order valence-electron chi connectivity index (χ0n) is 16.5. The van der Waals surface area contributed by atoms with Crippen molar-refractivity contribution in [2.75, 3.05) is 13.2 Å². The van der Waals surface area contributed by atoms with Crippen molar-refractivity contribution in [2.45, 2.75) is 32.0 Å². The first kappa shape index (κ1) is 26.0. The molecule has 0 atom stereocenters. The summed E-state index contributed by atoms with van der Waals surface area (Å²) < 4.78 is 125. The zero-order valence-corrected chi connectivity index (χ0v) is 16.5. The molecule has 0 unspecified atom stereocenters. The molecule has 0 fully saturated rings. The van der Waals surface area contributed by atoms with E-state index >= 15 is 0 Å². The zero-order chi connectivity index (χ0) is 25.0. The SMILES string of the molecule is CCn1c(OCC#CCO)cc(C(F)(F)F)nc1=Nc1ccc(C(F)(F)F)cc1C(F)(F)F. The molecule has 0 aliphatic heterocycles. The number of halogens is 9. The van der Waals surface area contributed by atoms with Gasteiger partial charge in [0, 0.05) is 12.6 Å². The van der Waals surface area contributed by atoms with Gasteiger partial charge in [0.05, 0.1) is 16.8 Å². The van der Waals surface area contributed by atoms with Crippen molar-refractivity contribution in [3.63, 3.8) is 0 Å². The summed E-state index contributed by atoms with van der Waals surface area (Å²) in [6, 6.07) is 0.992. The number of aliphatic hydroxyl groups excluding tert-OH is 1. The molecule has 1 N–H and O–H groups in total. The van der Waals surface area contributed by atoms with E-state index in [1.54, 1.807) is 0 Å². The molecule has 0 aliphatic rings. The van der Waals surface area contributed by atoms with E-state index in [2.05, 4.69) is 21.8 Å². The average Bonchev–Trinajstić information content (AvgIpc) is 2.69. The summed E-state index contributed by atoms with van der Waals surface area (Å²) in [6.07, 6.45) is -15.4. The minimum atomic E-state index is -5.29. The molecular formula is C19H14F9N3O2. The third-order valence-corrected chi connectivity index (χ3v) is 3.94. The number of rotatable bonds is 4. The van der Waals surface area contributed by atoms with E-state index < -0.39 is 65.7 Å². The third kappa shape index (κ3) is 6.64. The van der Waals surface area contributed by atoms with Crippen LogP contribution in [0.4, 0.5) is 45.2 Å². The molecule has 5 nitrogen and oxygen atoms in total. The van der Waals surface area contributed by atoms with Gasteiger partial charge in [-0.1, -0.05) is 11.8 Å². The summed E-state index contributed by atoms with van der Waals surface area (Å²) in [6.45, 7) is 0.206. The van der Waals surface area contributed by atoms with E-state index in [1.807, 2.05) is 0 Å². The van der Waals surface area contributed by atoms with Crippen molar-refractivity contribution in [3.8, 4) is 17.7 Å². The molecule has 0 saturated carbocycles. The van der Waals surface area contributed by atoms with Crippen LogP contribution in [-0.4, -0.2) is 27.9 Å². The Morgan fingerprint density at radius 1 is 0.970 bits per heavy atom. The number of aromatic nitrogens is 2. The first-order valence-electron chi connectivity index (χ1n) is 8.90. The number of benzene rings is 1.